The van der Waals surface area contributed by atoms with Gasteiger partial charge in [-0.25, -0.2) is 13.4 Å². The van der Waals surface area contributed by atoms with Crippen LogP contribution in [-0.2, 0) is 27.8 Å². The highest BCUT2D eigenvalue weighted by Crippen LogP contribution is 2.35. The molecular weight excluding hydrogens is 607 g/mol. The van der Waals surface area contributed by atoms with Gasteiger partial charge < -0.3 is 10.1 Å². The van der Waals surface area contributed by atoms with Gasteiger partial charge in [0.15, 0.2) is 9.84 Å². The van der Waals surface area contributed by atoms with Crippen LogP contribution < -0.4 is 10.1 Å². The van der Waals surface area contributed by atoms with Crippen LogP contribution in [0.2, 0.25) is 10.0 Å². The molecule has 5 rings (SSSR count). The summed E-state index contributed by atoms with van der Waals surface area (Å²) in [4.78, 5) is 19.3. The van der Waals surface area contributed by atoms with Gasteiger partial charge in [0.1, 0.15) is 23.7 Å². The number of hydrogen-bond donors (Lipinski definition) is 1. The number of fused-ring (bicyclic) bond motifs is 1. The van der Waals surface area contributed by atoms with Gasteiger partial charge in [-0.15, -0.1) is 0 Å². The lowest BCUT2D eigenvalue weighted by atomic mass is 10.1. The number of carbonyl (C=O) groups is 1. The van der Waals surface area contributed by atoms with Crippen molar-refractivity contribution in [3.8, 4) is 11.8 Å². The Hall–Kier alpha value is -3.68. The molecule has 222 valence electrons. The Morgan fingerprint density at radius 3 is 2.65 bits per heavy atom. The van der Waals surface area contributed by atoms with Gasteiger partial charge >= 0.3 is 0 Å². The number of hydrogen-bond acceptors (Lipinski definition) is 7. The predicted molar refractivity (Wildman–Crippen MR) is 167 cm³/mol. The van der Waals surface area contributed by atoms with Gasteiger partial charge in [-0.3, -0.25) is 9.69 Å². The number of para-hydroxylation sites is 1. The molecule has 3 aromatic carbocycles. The quantitative estimate of drug-likeness (QED) is 0.235. The molecule has 1 saturated heterocycles. The molecule has 2 heterocycles. The molecule has 1 aliphatic heterocycles. The maximum absolute atomic E-state index is 13.6. The molecule has 0 radical (unpaired) electrons. The van der Waals surface area contributed by atoms with E-state index in [1.165, 1.54) is 12.1 Å². The molecule has 1 aliphatic rings. The van der Waals surface area contributed by atoms with Crippen molar-refractivity contribution >= 4 is 49.8 Å². The van der Waals surface area contributed by atoms with Crippen molar-refractivity contribution in [2.24, 2.45) is 0 Å². The van der Waals surface area contributed by atoms with Gasteiger partial charge in [-0.2, -0.15) is 5.26 Å². The lowest BCUT2D eigenvalue weighted by Gasteiger charge is -2.24. The zero-order chi connectivity index (χ0) is 30.7. The zero-order valence-electron chi connectivity index (χ0n) is 23.7. The van der Waals surface area contributed by atoms with E-state index in [0.29, 0.717) is 41.8 Å². The third-order valence-electron chi connectivity index (χ3n) is 7.55. The summed E-state index contributed by atoms with van der Waals surface area (Å²) >= 11 is 13.1. The lowest BCUT2D eigenvalue weighted by Crippen LogP contribution is -2.44. The SMILES string of the molecule is Cc1cc(C)c2cccc(OCc3c(Cl)ccc(S(=O)(=O)CN4CCCC4C(=O)NCc4ccc(C#N)cc4)c3Cl)c2n1. The highest BCUT2D eigenvalue weighted by molar-refractivity contribution is 7.91. The van der Waals surface area contributed by atoms with Crippen molar-refractivity contribution in [3.63, 3.8) is 0 Å². The molecule has 1 atom stereocenters. The summed E-state index contributed by atoms with van der Waals surface area (Å²) < 4.78 is 33.4. The molecule has 0 aliphatic carbocycles. The van der Waals surface area contributed by atoms with Gasteiger partial charge in [0.25, 0.3) is 0 Å². The van der Waals surface area contributed by atoms with Crippen molar-refractivity contribution in [1.29, 1.82) is 5.26 Å². The molecule has 1 N–H and O–H groups in total. The topological polar surface area (TPSA) is 112 Å². The molecule has 8 nitrogen and oxygen atoms in total. The third-order valence-corrected chi connectivity index (χ3v) is 10.1. The maximum Gasteiger partial charge on any atom is 0.237 e. The van der Waals surface area contributed by atoms with E-state index in [9.17, 15) is 13.2 Å². The van der Waals surface area contributed by atoms with E-state index in [2.05, 4.69) is 16.4 Å². The Balaban J connectivity index is 1.30. The van der Waals surface area contributed by atoms with E-state index in [1.807, 2.05) is 32.0 Å². The number of sulfone groups is 1. The number of nitrogens with one attached hydrogen (secondary N) is 1. The number of aromatic nitrogens is 1. The van der Waals surface area contributed by atoms with Gasteiger partial charge in [-0.1, -0.05) is 47.5 Å². The minimum absolute atomic E-state index is 0.00549. The van der Waals surface area contributed by atoms with Crippen molar-refractivity contribution < 1.29 is 17.9 Å². The van der Waals surface area contributed by atoms with Crippen molar-refractivity contribution in [2.75, 3.05) is 12.4 Å². The van der Waals surface area contributed by atoms with Gasteiger partial charge in [0.2, 0.25) is 5.91 Å². The van der Waals surface area contributed by atoms with Crippen LogP contribution in [-0.4, -0.2) is 42.7 Å². The number of nitriles is 1. The average molecular weight is 638 g/mol. The molecule has 11 heteroatoms. The van der Waals surface area contributed by atoms with Gasteiger partial charge in [-0.05, 0) is 74.2 Å². The summed E-state index contributed by atoms with van der Waals surface area (Å²) in [6.45, 7) is 4.60. The van der Waals surface area contributed by atoms with Crippen molar-refractivity contribution in [2.45, 2.75) is 50.8 Å². The first-order chi connectivity index (χ1) is 20.6. The molecule has 0 saturated carbocycles. The number of aryl methyl sites for hydroxylation is 2. The first-order valence-corrected chi connectivity index (χ1v) is 16.2. The number of likely N-dealkylation sites (tertiary alicyclic amines) is 1. The Morgan fingerprint density at radius 2 is 1.91 bits per heavy atom. The molecule has 1 amide bonds. The third kappa shape index (κ3) is 6.78. The number of rotatable bonds is 9. The highest BCUT2D eigenvalue weighted by Gasteiger charge is 2.35. The second-order valence-corrected chi connectivity index (χ2v) is 13.3. The number of nitrogens with zero attached hydrogens (tertiary/aromatic N) is 3. The fourth-order valence-corrected chi connectivity index (χ4v) is 7.73. The Bertz CT molecular complexity index is 1840. The molecular formula is C32H30Cl2N4O4S. The van der Waals surface area contributed by atoms with Crippen LogP contribution >= 0.6 is 23.2 Å². The van der Waals surface area contributed by atoms with Crippen LogP contribution in [0.1, 0.15) is 40.8 Å². The van der Waals surface area contributed by atoms with Crippen LogP contribution in [0.3, 0.4) is 0 Å². The van der Waals surface area contributed by atoms with Gasteiger partial charge in [0, 0.05) is 34.8 Å². The monoisotopic (exact) mass is 636 g/mol. The predicted octanol–water partition coefficient (Wildman–Crippen LogP) is 6.12. The number of pyridine rings is 1. The smallest absolute Gasteiger partial charge is 0.237 e. The normalized spacial score (nSPS) is 15.4. The van der Waals surface area contributed by atoms with E-state index >= 15 is 0 Å². The Morgan fingerprint density at radius 1 is 1.14 bits per heavy atom. The fraction of sp³-hybridized carbons (Fsp3) is 0.281. The number of halogens is 2. The van der Waals surface area contributed by atoms with Crippen LogP contribution in [0, 0.1) is 25.2 Å². The number of ether oxygens (including phenoxy) is 1. The Labute approximate surface area is 261 Å². The summed E-state index contributed by atoms with van der Waals surface area (Å²) in [5.41, 5.74) is 4.36. The van der Waals surface area contributed by atoms with E-state index < -0.39 is 15.9 Å². The molecule has 4 aromatic rings. The minimum Gasteiger partial charge on any atom is -0.487 e. The second-order valence-electron chi connectivity index (χ2n) is 10.6. The minimum atomic E-state index is -3.93. The second kappa shape index (κ2) is 12.9. The van der Waals surface area contributed by atoms with Crippen LogP contribution in [0.4, 0.5) is 0 Å². The van der Waals surface area contributed by atoms with Crippen molar-refractivity contribution in [3.05, 3.63) is 98.7 Å². The van der Waals surface area contributed by atoms with Crippen molar-refractivity contribution in [1.82, 2.24) is 15.2 Å². The summed E-state index contributed by atoms with van der Waals surface area (Å²) in [5, 5.41) is 13.1. The lowest BCUT2D eigenvalue weighted by molar-refractivity contribution is -0.125. The highest BCUT2D eigenvalue weighted by atomic mass is 35.5. The molecule has 0 bridgehead atoms. The number of carbonyl (C=O) groups excluding carboxylic acids is 1. The summed E-state index contributed by atoms with van der Waals surface area (Å²) in [5.74, 6) is -0.0748. The number of amides is 1. The van der Waals surface area contributed by atoms with Crippen LogP contribution in [0.5, 0.6) is 5.75 Å². The molecule has 1 fully saturated rings. The first kappa shape index (κ1) is 30.8. The average Bonchev–Trinajstić information content (AvgIpc) is 3.43. The maximum atomic E-state index is 13.6. The molecule has 1 unspecified atom stereocenters. The summed E-state index contributed by atoms with van der Waals surface area (Å²) in [6, 6.07) is 18.9. The van der Waals surface area contributed by atoms with E-state index in [4.69, 9.17) is 33.2 Å². The Kier molecular flexibility index (Phi) is 9.23. The number of benzene rings is 3. The van der Waals surface area contributed by atoms with E-state index in [-0.39, 0.29) is 39.9 Å². The van der Waals surface area contributed by atoms with E-state index in [0.717, 1.165) is 22.2 Å². The fourth-order valence-electron chi connectivity index (χ4n) is 5.34. The standard InChI is InChI=1S/C32H30Cl2N4O4S/c1-20-15-21(2)37-31-24(20)5-3-7-28(31)42-18-25-26(33)12-13-29(30(25)34)43(40,41)19-38-14-4-6-27(38)32(39)36-17-23-10-8-22(16-35)9-11-23/h3,5,7-13,15,27H,4,6,14,17-19H2,1-2H3,(H,36,39). The first-order valence-electron chi connectivity index (χ1n) is 13.8. The van der Waals surface area contributed by atoms with E-state index in [1.54, 1.807) is 35.2 Å². The summed E-state index contributed by atoms with van der Waals surface area (Å²) in [7, 11) is -3.93. The largest absolute Gasteiger partial charge is 0.487 e. The van der Waals surface area contributed by atoms with Crippen LogP contribution in [0.25, 0.3) is 10.9 Å². The molecule has 0 spiro atoms. The van der Waals surface area contributed by atoms with Gasteiger partial charge in [0.05, 0.1) is 27.6 Å². The van der Waals surface area contributed by atoms with Crippen LogP contribution in [0.15, 0.2) is 65.6 Å². The molecule has 1 aromatic heterocycles. The molecule has 43 heavy (non-hydrogen) atoms. The zero-order valence-corrected chi connectivity index (χ0v) is 26.1. The summed E-state index contributed by atoms with van der Waals surface area (Å²) in [6.07, 6.45) is 1.23.